The minimum Gasteiger partial charge on any atom is -0.478 e. The molecular formula is C15H14N2O3. The molecule has 1 aromatic carbocycles. The predicted octanol–water partition coefficient (Wildman–Crippen LogP) is 2.40. The summed E-state index contributed by atoms with van der Waals surface area (Å²) in [6, 6.07) is 6.72. The highest BCUT2D eigenvalue weighted by atomic mass is 16.4. The Bertz CT molecular complexity index is 716. The molecule has 1 N–H and O–H groups in total. The third-order valence-electron chi connectivity index (χ3n) is 3.61. The van der Waals surface area contributed by atoms with E-state index in [4.69, 9.17) is 0 Å². The van der Waals surface area contributed by atoms with Gasteiger partial charge in [0.15, 0.2) is 5.78 Å². The van der Waals surface area contributed by atoms with E-state index in [1.165, 1.54) is 0 Å². The zero-order chi connectivity index (χ0) is 14.3. The molecule has 102 valence electrons. The number of carbonyl (C=O) groups excluding carboxylic acids is 1. The highest BCUT2D eigenvalue weighted by Crippen LogP contribution is 2.27. The SMILES string of the molecule is Cc1nn(-c2ccccc2C(=O)O)c2c1C(=O)CCC2. The molecule has 5 heteroatoms. The molecule has 20 heavy (non-hydrogen) atoms. The summed E-state index contributed by atoms with van der Waals surface area (Å²) in [5.74, 6) is -0.896. The van der Waals surface area contributed by atoms with Crippen LogP contribution >= 0.6 is 0 Å². The Balaban J connectivity index is 2.24. The smallest absolute Gasteiger partial charge is 0.337 e. The van der Waals surface area contributed by atoms with Crippen LogP contribution in [0.1, 0.15) is 44.9 Å². The van der Waals surface area contributed by atoms with Gasteiger partial charge in [0.05, 0.1) is 28.2 Å². The zero-order valence-corrected chi connectivity index (χ0v) is 11.1. The van der Waals surface area contributed by atoms with E-state index in [9.17, 15) is 14.7 Å². The molecule has 0 radical (unpaired) electrons. The number of ketones is 1. The first kappa shape index (κ1) is 12.6. The predicted molar refractivity (Wildman–Crippen MR) is 72.5 cm³/mol. The third kappa shape index (κ3) is 1.82. The molecule has 1 aromatic heterocycles. The van der Waals surface area contributed by atoms with Crippen LogP contribution in [0.5, 0.6) is 0 Å². The lowest BCUT2D eigenvalue weighted by atomic mass is 9.94. The van der Waals surface area contributed by atoms with Crippen LogP contribution < -0.4 is 0 Å². The van der Waals surface area contributed by atoms with Gasteiger partial charge in [0, 0.05) is 6.42 Å². The van der Waals surface area contributed by atoms with Crippen LogP contribution in [0.2, 0.25) is 0 Å². The van der Waals surface area contributed by atoms with Gasteiger partial charge in [0.25, 0.3) is 0 Å². The van der Waals surface area contributed by atoms with Gasteiger partial charge in [-0.05, 0) is 31.9 Å². The number of hydrogen-bond donors (Lipinski definition) is 1. The molecule has 3 rings (SSSR count). The number of carbonyl (C=O) groups is 2. The van der Waals surface area contributed by atoms with Crippen molar-refractivity contribution < 1.29 is 14.7 Å². The fourth-order valence-corrected chi connectivity index (χ4v) is 2.75. The van der Waals surface area contributed by atoms with E-state index in [-0.39, 0.29) is 11.3 Å². The monoisotopic (exact) mass is 270 g/mol. The first-order chi connectivity index (χ1) is 9.59. The summed E-state index contributed by atoms with van der Waals surface area (Å²) in [4.78, 5) is 23.3. The zero-order valence-electron chi connectivity index (χ0n) is 11.1. The van der Waals surface area contributed by atoms with E-state index in [1.807, 2.05) is 0 Å². The molecule has 0 atom stereocenters. The van der Waals surface area contributed by atoms with Crippen LogP contribution in [0.3, 0.4) is 0 Å². The third-order valence-corrected chi connectivity index (χ3v) is 3.61. The van der Waals surface area contributed by atoms with E-state index in [1.54, 1.807) is 35.9 Å². The van der Waals surface area contributed by atoms with E-state index < -0.39 is 5.97 Å². The Kier molecular flexibility index (Phi) is 2.89. The van der Waals surface area contributed by atoms with E-state index in [0.717, 1.165) is 18.5 Å². The van der Waals surface area contributed by atoms with Crippen molar-refractivity contribution in [2.75, 3.05) is 0 Å². The van der Waals surface area contributed by atoms with Crippen molar-refractivity contribution in [3.05, 3.63) is 46.8 Å². The number of nitrogens with zero attached hydrogens (tertiary/aromatic N) is 2. The highest BCUT2D eigenvalue weighted by Gasteiger charge is 2.26. The van der Waals surface area contributed by atoms with Gasteiger partial charge in [-0.2, -0.15) is 5.10 Å². The van der Waals surface area contributed by atoms with Crippen molar-refractivity contribution >= 4 is 11.8 Å². The molecule has 0 spiro atoms. The Morgan fingerprint density at radius 2 is 2.05 bits per heavy atom. The van der Waals surface area contributed by atoms with Gasteiger partial charge in [-0.3, -0.25) is 4.79 Å². The van der Waals surface area contributed by atoms with E-state index in [2.05, 4.69) is 5.10 Å². The molecule has 0 unspecified atom stereocenters. The number of hydrogen-bond acceptors (Lipinski definition) is 3. The number of aryl methyl sites for hydroxylation is 1. The summed E-state index contributed by atoms with van der Waals surface area (Å²) in [6.07, 6.45) is 2.07. The first-order valence-corrected chi connectivity index (χ1v) is 6.54. The van der Waals surface area contributed by atoms with Crippen LogP contribution in [0, 0.1) is 6.92 Å². The second-order valence-electron chi connectivity index (χ2n) is 4.92. The summed E-state index contributed by atoms with van der Waals surface area (Å²) in [5.41, 5.74) is 2.86. The van der Waals surface area contributed by atoms with Gasteiger partial charge in [-0.1, -0.05) is 12.1 Å². The molecule has 1 aliphatic rings. The Morgan fingerprint density at radius 3 is 2.80 bits per heavy atom. The number of para-hydroxylation sites is 1. The van der Waals surface area contributed by atoms with Gasteiger partial charge in [-0.15, -0.1) is 0 Å². The van der Waals surface area contributed by atoms with Crippen molar-refractivity contribution in [2.45, 2.75) is 26.2 Å². The van der Waals surface area contributed by atoms with Gasteiger partial charge in [0.1, 0.15) is 0 Å². The van der Waals surface area contributed by atoms with Crippen LogP contribution in [0.25, 0.3) is 5.69 Å². The summed E-state index contributed by atoms with van der Waals surface area (Å²) < 4.78 is 1.62. The molecule has 1 aliphatic carbocycles. The van der Waals surface area contributed by atoms with Gasteiger partial charge < -0.3 is 5.11 Å². The van der Waals surface area contributed by atoms with Crippen LogP contribution in [-0.4, -0.2) is 26.6 Å². The Morgan fingerprint density at radius 1 is 1.30 bits per heavy atom. The molecule has 5 nitrogen and oxygen atoms in total. The van der Waals surface area contributed by atoms with Crippen molar-refractivity contribution in [3.8, 4) is 5.69 Å². The maximum absolute atomic E-state index is 12.0. The largest absolute Gasteiger partial charge is 0.478 e. The minimum absolute atomic E-state index is 0.0998. The summed E-state index contributed by atoms with van der Waals surface area (Å²) in [5, 5.41) is 13.7. The van der Waals surface area contributed by atoms with Crippen molar-refractivity contribution in [1.82, 2.24) is 9.78 Å². The number of benzene rings is 1. The molecule has 0 aliphatic heterocycles. The molecule has 0 fully saturated rings. The molecule has 1 heterocycles. The lowest BCUT2D eigenvalue weighted by Crippen LogP contribution is -2.14. The fraction of sp³-hybridized carbons (Fsp3) is 0.267. The molecule has 0 saturated heterocycles. The normalized spacial score (nSPS) is 14.2. The summed E-state index contributed by atoms with van der Waals surface area (Å²) in [6.45, 7) is 1.79. The topological polar surface area (TPSA) is 72.2 Å². The number of rotatable bonds is 2. The average Bonchev–Trinajstić information content (AvgIpc) is 2.77. The maximum atomic E-state index is 12.0. The maximum Gasteiger partial charge on any atom is 0.337 e. The van der Waals surface area contributed by atoms with Crippen molar-refractivity contribution in [3.63, 3.8) is 0 Å². The van der Waals surface area contributed by atoms with Gasteiger partial charge in [0.2, 0.25) is 0 Å². The standard InChI is InChI=1S/C15H14N2O3/c1-9-14-12(7-4-8-13(14)18)17(16-9)11-6-3-2-5-10(11)15(19)20/h2-3,5-6H,4,7-8H2,1H3,(H,19,20). The molecule has 0 saturated carbocycles. The van der Waals surface area contributed by atoms with Crippen LogP contribution in [-0.2, 0) is 6.42 Å². The molecule has 2 aromatic rings. The molecule has 0 bridgehead atoms. The van der Waals surface area contributed by atoms with Gasteiger partial charge in [-0.25, -0.2) is 9.48 Å². The highest BCUT2D eigenvalue weighted by molar-refractivity contribution is 5.99. The number of aromatic nitrogens is 2. The quantitative estimate of drug-likeness (QED) is 0.909. The first-order valence-electron chi connectivity index (χ1n) is 6.54. The molecular weight excluding hydrogens is 256 g/mol. The van der Waals surface area contributed by atoms with Crippen molar-refractivity contribution in [2.24, 2.45) is 0 Å². The fourth-order valence-electron chi connectivity index (χ4n) is 2.75. The van der Waals surface area contributed by atoms with Crippen LogP contribution in [0.15, 0.2) is 24.3 Å². The van der Waals surface area contributed by atoms with Crippen LogP contribution in [0.4, 0.5) is 0 Å². The number of aromatic carboxylic acids is 1. The van der Waals surface area contributed by atoms with E-state index >= 15 is 0 Å². The minimum atomic E-state index is -0.996. The lowest BCUT2D eigenvalue weighted by molar-refractivity contribution is 0.0696. The second-order valence-corrected chi connectivity index (χ2v) is 4.92. The molecule has 0 amide bonds. The van der Waals surface area contributed by atoms with Crippen molar-refractivity contribution in [1.29, 1.82) is 0 Å². The average molecular weight is 270 g/mol. The second kappa shape index (κ2) is 4.59. The number of carboxylic acid groups (broad SMARTS) is 1. The Labute approximate surface area is 115 Å². The van der Waals surface area contributed by atoms with Gasteiger partial charge >= 0.3 is 5.97 Å². The van der Waals surface area contributed by atoms with E-state index in [0.29, 0.717) is 23.4 Å². The number of carboxylic acids is 1. The Hall–Kier alpha value is -2.43. The lowest BCUT2D eigenvalue weighted by Gasteiger charge is -2.14. The summed E-state index contributed by atoms with van der Waals surface area (Å²) >= 11 is 0. The summed E-state index contributed by atoms with van der Waals surface area (Å²) in [7, 11) is 0. The number of fused-ring (bicyclic) bond motifs is 1. The number of Topliss-reactive ketones (excluding diaryl/α,β-unsaturated/α-hetero) is 1.